The molecule has 0 aliphatic carbocycles. The third-order valence-corrected chi connectivity index (χ3v) is 3.17. The molecule has 0 N–H and O–H groups in total. The molecule has 2 rings (SSSR count). The molecule has 0 saturated carbocycles. The molecule has 1 saturated heterocycles. The van der Waals surface area contributed by atoms with Crippen LogP contribution < -0.4 is 4.74 Å². The number of rotatable bonds is 3. The minimum absolute atomic E-state index is 0.171. The Kier molecular flexibility index (Phi) is 4.19. The zero-order chi connectivity index (χ0) is 13.7. The molecule has 98 valence electrons. The molecule has 0 radical (unpaired) electrons. The lowest BCUT2D eigenvalue weighted by Gasteiger charge is -2.14. The Morgan fingerprint density at radius 3 is 2.47 bits per heavy atom. The molecule has 4 heteroatoms. The highest BCUT2D eigenvalue weighted by Crippen LogP contribution is 2.16. The molecule has 19 heavy (non-hydrogen) atoms. The van der Waals surface area contributed by atoms with Gasteiger partial charge < -0.3 is 9.64 Å². The van der Waals surface area contributed by atoms with Gasteiger partial charge in [0.25, 0.3) is 5.91 Å². The van der Waals surface area contributed by atoms with E-state index < -0.39 is 0 Å². The van der Waals surface area contributed by atoms with Crippen molar-refractivity contribution >= 4 is 12.0 Å². The maximum Gasteiger partial charge on any atom is 0.264 e. The number of amides is 1. The van der Waals surface area contributed by atoms with Crippen LogP contribution in [0.4, 0.5) is 0 Å². The van der Waals surface area contributed by atoms with Gasteiger partial charge in [0.05, 0.1) is 7.11 Å². The number of nitriles is 1. The molecule has 0 atom stereocenters. The van der Waals surface area contributed by atoms with Crippen LogP contribution in [0.1, 0.15) is 18.4 Å². The summed E-state index contributed by atoms with van der Waals surface area (Å²) in [5, 5.41) is 9.13. The van der Waals surface area contributed by atoms with E-state index in [-0.39, 0.29) is 11.5 Å². The van der Waals surface area contributed by atoms with E-state index >= 15 is 0 Å². The SMILES string of the molecule is COc1ccc(/C=C(\C#N)C(=O)N2CCCC2)cc1. The van der Waals surface area contributed by atoms with Crippen LogP contribution in [-0.4, -0.2) is 31.0 Å². The molecule has 4 nitrogen and oxygen atoms in total. The molecule has 0 bridgehead atoms. The van der Waals surface area contributed by atoms with Crippen molar-refractivity contribution < 1.29 is 9.53 Å². The third kappa shape index (κ3) is 3.14. The lowest BCUT2D eigenvalue weighted by Crippen LogP contribution is -2.28. The summed E-state index contributed by atoms with van der Waals surface area (Å²) in [6.45, 7) is 1.50. The van der Waals surface area contributed by atoms with Crippen LogP contribution in [0.15, 0.2) is 29.8 Å². The molecule has 1 aromatic rings. The second-order valence-electron chi connectivity index (χ2n) is 4.44. The predicted molar refractivity (Wildman–Crippen MR) is 72.4 cm³/mol. The van der Waals surface area contributed by atoms with Gasteiger partial charge in [-0.2, -0.15) is 5.26 Å². The molecule has 1 aliphatic rings. The molecule has 1 fully saturated rings. The summed E-state index contributed by atoms with van der Waals surface area (Å²) >= 11 is 0. The normalized spacial score (nSPS) is 15.2. The molecule has 1 aliphatic heterocycles. The Morgan fingerprint density at radius 2 is 1.95 bits per heavy atom. The van der Waals surface area contributed by atoms with Gasteiger partial charge in [0.1, 0.15) is 17.4 Å². The van der Waals surface area contributed by atoms with Crippen molar-refractivity contribution in [1.29, 1.82) is 5.26 Å². The highest BCUT2D eigenvalue weighted by molar-refractivity contribution is 6.01. The number of hydrogen-bond donors (Lipinski definition) is 0. The van der Waals surface area contributed by atoms with Crippen LogP contribution in [0.25, 0.3) is 6.08 Å². The molecular formula is C15H16N2O2. The molecular weight excluding hydrogens is 240 g/mol. The number of nitrogens with zero attached hydrogens (tertiary/aromatic N) is 2. The van der Waals surface area contributed by atoms with E-state index in [1.54, 1.807) is 30.2 Å². The number of carbonyl (C=O) groups is 1. The predicted octanol–water partition coefficient (Wildman–Crippen LogP) is 2.22. The van der Waals surface area contributed by atoms with Crippen molar-refractivity contribution in [3.05, 3.63) is 35.4 Å². The zero-order valence-corrected chi connectivity index (χ0v) is 10.9. The first-order valence-electron chi connectivity index (χ1n) is 6.29. The van der Waals surface area contributed by atoms with Gasteiger partial charge in [-0.15, -0.1) is 0 Å². The van der Waals surface area contributed by atoms with Crippen molar-refractivity contribution in [3.63, 3.8) is 0 Å². The van der Waals surface area contributed by atoms with Crippen molar-refractivity contribution in [2.45, 2.75) is 12.8 Å². The van der Waals surface area contributed by atoms with Crippen LogP contribution in [0.3, 0.4) is 0 Å². The molecule has 1 heterocycles. The number of methoxy groups -OCH3 is 1. The highest BCUT2D eigenvalue weighted by Gasteiger charge is 2.21. The fourth-order valence-electron chi connectivity index (χ4n) is 2.10. The first kappa shape index (κ1) is 13.2. The quantitative estimate of drug-likeness (QED) is 0.615. The summed E-state index contributed by atoms with van der Waals surface area (Å²) in [4.78, 5) is 13.8. The van der Waals surface area contributed by atoms with E-state index in [1.807, 2.05) is 18.2 Å². The largest absolute Gasteiger partial charge is 0.497 e. The van der Waals surface area contributed by atoms with Gasteiger partial charge in [-0.3, -0.25) is 4.79 Å². The molecule has 0 spiro atoms. The van der Waals surface area contributed by atoms with Crippen LogP contribution in [-0.2, 0) is 4.79 Å². The van der Waals surface area contributed by atoms with Crippen LogP contribution in [0, 0.1) is 11.3 Å². The summed E-state index contributed by atoms with van der Waals surface area (Å²) in [5.41, 5.74) is 1.01. The Morgan fingerprint density at radius 1 is 1.32 bits per heavy atom. The molecule has 0 unspecified atom stereocenters. The second kappa shape index (κ2) is 6.05. The number of benzene rings is 1. The van der Waals surface area contributed by atoms with Crippen LogP contribution in [0.5, 0.6) is 5.75 Å². The first-order valence-corrected chi connectivity index (χ1v) is 6.29. The maximum absolute atomic E-state index is 12.1. The van der Waals surface area contributed by atoms with E-state index in [0.717, 1.165) is 37.2 Å². The van der Waals surface area contributed by atoms with Gasteiger partial charge in [-0.05, 0) is 36.6 Å². The van der Waals surface area contributed by atoms with E-state index in [1.165, 1.54) is 0 Å². The minimum Gasteiger partial charge on any atom is -0.497 e. The highest BCUT2D eigenvalue weighted by atomic mass is 16.5. The first-order chi connectivity index (χ1) is 9.24. The molecule has 1 amide bonds. The topological polar surface area (TPSA) is 53.3 Å². The maximum atomic E-state index is 12.1. The second-order valence-corrected chi connectivity index (χ2v) is 4.44. The minimum atomic E-state index is -0.171. The fourth-order valence-corrected chi connectivity index (χ4v) is 2.10. The van der Waals surface area contributed by atoms with E-state index in [0.29, 0.717) is 0 Å². The molecule has 1 aromatic carbocycles. The summed E-state index contributed by atoms with van der Waals surface area (Å²) in [6.07, 6.45) is 3.67. The Balaban J connectivity index is 2.17. The van der Waals surface area contributed by atoms with Crippen molar-refractivity contribution in [2.75, 3.05) is 20.2 Å². The Hall–Kier alpha value is -2.28. The summed E-state index contributed by atoms with van der Waals surface area (Å²) < 4.78 is 5.07. The number of ether oxygens (including phenoxy) is 1. The smallest absolute Gasteiger partial charge is 0.264 e. The van der Waals surface area contributed by atoms with Gasteiger partial charge in [-0.25, -0.2) is 0 Å². The van der Waals surface area contributed by atoms with Gasteiger partial charge in [-0.1, -0.05) is 12.1 Å². The van der Waals surface area contributed by atoms with Gasteiger partial charge in [0.2, 0.25) is 0 Å². The Labute approximate surface area is 112 Å². The van der Waals surface area contributed by atoms with Gasteiger partial charge >= 0.3 is 0 Å². The lowest BCUT2D eigenvalue weighted by molar-refractivity contribution is -0.125. The van der Waals surface area contributed by atoms with Crippen molar-refractivity contribution in [3.8, 4) is 11.8 Å². The zero-order valence-electron chi connectivity index (χ0n) is 10.9. The van der Waals surface area contributed by atoms with Crippen LogP contribution >= 0.6 is 0 Å². The fraction of sp³-hybridized carbons (Fsp3) is 0.333. The molecule has 0 aromatic heterocycles. The van der Waals surface area contributed by atoms with Crippen molar-refractivity contribution in [2.24, 2.45) is 0 Å². The summed E-state index contributed by atoms with van der Waals surface area (Å²) in [5.74, 6) is 0.581. The summed E-state index contributed by atoms with van der Waals surface area (Å²) in [7, 11) is 1.60. The van der Waals surface area contributed by atoms with Crippen molar-refractivity contribution in [1.82, 2.24) is 4.90 Å². The monoisotopic (exact) mass is 256 g/mol. The van der Waals surface area contributed by atoms with E-state index in [9.17, 15) is 4.79 Å². The van der Waals surface area contributed by atoms with Gasteiger partial charge in [0, 0.05) is 13.1 Å². The summed E-state index contributed by atoms with van der Waals surface area (Å²) in [6, 6.07) is 9.26. The van der Waals surface area contributed by atoms with E-state index in [4.69, 9.17) is 10.00 Å². The average molecular weight is 256 g/mol. The lowest BCUT2D eigenvalue weighted by atomic mass is 10.1. The van der Waals surface area contributed by atoms with E-state index in [2.05, 4.69) is 0 Å². The number of hydrogen-bond acceptors (Lipinski definition) is 3. The third-order valence-electron chi connectivity index (χ3n) is 3.17. The standard InChI is InChI=1S/C15H16N2O2/c1-19-14-6-4-12(5-7-14)10-13(11-16)15(18)17-8-2-3-9-17/h4-7,10H,2-3,8-9H2,1H3/b13-10+. The van der Waals surface area contributed by atoms with Gasteiger partial charge in [0.15, 0.2) is 0 Å². The number of likely N-dealkylation sites (tertiary alicyclic amines) is 1. The average Bonchev–Trinajstić information content (AvgIpc) is 2.99. The Bertz CT molecular complexity index is 520. The number of carbonyl (C=O) groups excluding carboxylic acids is 1. The van der Waals surface area contributed by atoms with Crippen LogP contribution in [0.2, 0.25) is 0 Å².